The minimum Gasteiger partial charge on any atom is -0.296 e. The Balaban J connectivity index is 0.000000235. The van der Waals surface area contributed by atoms with Gasteiger partial charge >= 0.3 is 0 Å². The van der Waals surface area contributed by atoms with Crippen LogP contribution in [0.25, 0.3) is 0 Å². The van der Waals surface area contributed by atoms with Crippen LogP contribution >= 0.6 is 0 Å². The highest BCUT2D eigenvalue weighted by Crippen LogP contribution is 2.32. The lowest BCUT2D eigenvalue weighted by Gasteiger charge is -2.40. The van der Waals surface area contributed by atoms with Gasteiger partial charge < -0.3 is 0 Å². The molecular formula is C16H22N2O4. The summed E-state index contributed by atoms with van der Waals surface area (Å²) in [4.78, 5) is 33.2. The summed E-state index contributed by atoms with van der Waals surface area (Å²) in [7, 11) is 1.90. The normalized spacial score (nSPS) is 20.4. The number of nitro groups is 1. The number of piperidine rings is 1. The number of nitro benzene ring substituents is 1. The van der Waals surface area contributed by atoms with E-state index in [-0.39, 0.29) is 22.9 Å². The van der Waals surface area contributed by atoms with Gasteiger partial charge in [0.05, 0.1) is 11.0 Å². The molecule has 6 heteroatoms. The van der Waals surface area contributed by atoms with Crippen molar-refractivity contribution in [2.45, 2.75) is 32.7 Å². The fourth-order valence-electron chi connectivity index (χ4n) is 2.36. The first-order valence-corrected chi connectivity index (χ1v) is 7.15. The Morgan fingerprint density at radius 2 is 1.95 bits per heavy atom. The third-order valence-electron chi connectivity index (χ3n) is 3.83. The molecule has 22 heavy (non-hydrogen) atoms. The second-order valence-corrected chi connectivity index (χ2v) is 6.23. The lowest BCUT2D eigenvalue weighted by atomic mass is 9.78. The summed E-state index contributed by atoms with van der Waals surface area (Å²) in [6.45, 7) is 5.19. The van der Waals surface area contributed by atoms with Crippen LogP contribution in [-0.2, 0) is 9.59 Å². The fraction of sp³-hybridized carbons (Fsp3) is 0.500. The van der Waals surface area contributed by atoms with Crippen molar-refractivity contribution in [1.29, 1.82) is 0 Å². The van der Waals surface area contributed by atoms with Gasteiger partial charge in [-0.15, -0.1) is 0 Å². The van der Waals surface area contributed by atoms with Gasteiger partial charge in [-0.25, -0.2) is 0 Å². The second-order valence-electron chi connectivity index (χ2n) is 6.23. The van der Waals surface area contributed by atoms with Gasteiger partial charge in [-0.3, -0.25) is 24.6 Å². The minimum atomic E-state index is -0.417. The summed E-state index contributed by atoms with van der Waals surface area (Å²) >= 11 is 0. The summed E-state index contributed by atoms with van der Waals surface area (Å²) in [6, 6.07) is 7.74. The van der Waals surface area contributed by atoms with Crippen molar-refractivity contribution in [3.8, 4) is 0 Å². The number of para-hydroxylation sites is 1. The van der Waals surface area contributed by atoms with Crippen LogP contribution in [0.15, 0.2) is 30.3 Å². The molecule has 1 unspecified atom stereocenters. The van der Waals surface area contributed by atoms with E-state index < -0.39 is 4.92 Å². The van der Waals surface area contributed by atoms with Gasteiger partial charge in [-0.05, 0) is 31.8 Å². The van der Waals surface area contributed by atoms with E-state index in [0.29, 0.717) is 6.29 Å². The predicted molar refractivity (Wildman–Crippen MR) is 83.6 cm³/mol. The van der Waals surface area contributed by atoms with E-state index >= 15 is 0 Å². The molecule has 0 bridgehead atoms. The molecule has 0 aromatic heterocycles. The molecule has 0 spiro atoms. The number of carbonyl (C=O) groups excluding carboxylic acids is 2. The highest BCUT2D eigenvalue weighted by molar-refractivity contribution is 6.27. The number of hydrogen-bond donors (Lipinski definition) is 0. The van der Waals surface area contributed by atoms with Gasteiger partial charge in [0.25, 0.3) is 5.69 Å². The predicted octanol–water partition coefficient (Wildman–Crippen LogP) is 2.47. The van der Waals surface area contributed by atoms with E-state index in [2.05, 4.69) is 13.8 Å². The average Bonchev–Trinajstić information content (AvgIpc) is 2.50. The van der Waals surface area contributed by atoms with Gasteiger partial charge in [0, 0.05) is 12.1 Å². The lowest BCUT2D eigenvalue weighted by molar-refractivity contribution is -0.384. The molecule has 1 aromatic carbocycles. The zero-order valence-electron chi connectivity index (χ0n) is 13.2. The van der Waals surface area contributed by atoms with Crippen molar-refractivity contribution >= 4 is 17.8 Å². The Morgan fingerprint density at radius 1 is 1.36 bits per heavy atom. The van der Waals surface area contributed by atoms with Crippen LogP contribution in [0.4, 0.5) is 5.69 Å². The average molecular weight is 306 g/mol. The third-order valence-corrected chi connectivity index (χ3v) is 3.83. The summed E-state index contributed by atoms with van der Waals surface area (Å²) in [5.41, 5.74) is 0.327. The van der Waals surface area contributed by atoms with E-state index in [0.717, 1.165) is 19.4 Å². The number of aldehydes is 1. The van der Waals surface area contributed by atoms with E-state index in [4.69, 9.17) is 0 Å². The number of likely N-dealkylation sites (tertiary alicyclic amines) is 1. The smallest absolute Gasteiger partial charge is 0.269 e. The highest BCUT2D eigenvalue weighted by atomic mass is 16.6. The molecule has 0 radical (unpaired) electrons. The number of Topliss-reactive ketones (excluding diaryl/α,β-unsaturated/α-hetero) is 1. The van der Waals surface area contributed by atoms with Crippen LogP contribution in [0.5, 0.6) is 0 Å². The Labute approximate surface area is 130 Å². The number of ketones is 1. The van der Waals surface area contributed by atoms with Crippen LogP contribution < -0.4 is 0 Å². The Kier molecular flexibility index (Phi) is 6.37. The van der Waals surface area contributed by atoms with E-state index in [1.807, 2.05) is 11.9 Å². The molecule has 120 valence electrons. The number of benzene rings is 1. The van der Waals surface area contributed by atoms with Crippen LogP contribution in [0, 0.1) is 15.5 Å². The Hall–Kier alpha value is -2.08. The van der Waals surface area contributed by atoms with Crippen LogP contribution in [-0.4, -0.2) is 41.5 Å². The zero-order chi connectivity index (χ0) is 16.8. The number of likely N-dealkylation sites (N-methyl/N-ethyl adjacent to an activating group) is 1. The molecule has 0 aliphatic carbocycles. The summed E-state index contributed by atoms with van der Waals surface area (Å²) in [6.07, 6.45) is 2.33. The van der Waals surface area contributed by atoms with E-state index in [1.165, 1.54) is 12.1 Å². The molecule has 0 amide bonds. The molecule has 6 nitrogen and oxygen atoms in total. The van der Waals surface area contributed by atoms with Crippen LogP contribution in [0.3, 0.4) is 0 Å². The van der Waals surface area contributed by atoms with Crippen molar-refractivity contribution in [2.75, 3.05) is 13.6 Å². The maximum atomic E-state index is 11.3. The largest absolute Gasteiger partial charge is 0.296 e. The second kappa shape index (κ2) is 7.79. The van der Waals surface area contributed by atoms with Gasteiger partial charge in [-0.1, -0.05) is 32.0 Å². The summed E-state index contributed by atoms with van der Waals surface area (Å²) < 4.78 is 0. The molecule has 1 heterocycles. The molecule has 0 saturated carbocycles. The van der Waals surface area contributed by atoms with E-state index in [9.17, 15) is 19.7 Å². The topological polar surface area (TPSA) is 80.5 Å². The summed E-state index contributed by atoms with van der Waals surface area (Å²) in [5, 5.41) is 10.0. The standard InChI is InChI=1S/C10H17NO2.C6H5NO2/c1-10(2)4-5-11(3)8(6-10)9(13)7-12;8-7(9)6-4-2-1-3-5-6/h7-8H,4-6H2,1-3H3;1-5H. The monoisotopic (exact) mass is 306 g/mol. The lowest BCUT2D eigenvalue weighted by Crippen LogP contribution is -2.47. The first kappa shape index (κ1) is 18.0. The van der Waals surface area contributed by atoms with Crippen LogP contribution in [0.2, 0.25) is 0 Å². The van der Waals surface area contributed by atoms with Gasteiger partial charge in [0.1, 0.15) is 0 Å². The van der Waals surface area contributed by atoms with Crippen molar-refractivity contribution in [3.05, 3.63) is 40.4 Å². The molecule has 1 aliphatic rings. The highest BCUT2D eigenvalue weighted by Gasteiger charge is 2.34. The molecule has 0 N–H and O–H groups in total. The van der Waals surface area contributed by atoms with Gasteiger partial charge in [0.15, 0.2) is 6.29 Å². The number of nitrogens with zero attached hydrogens (tertiary/aromatic N) is 2. The molecule has 1 saturated heterocycles. The number of carbonyl (C=O) groups is 2. The molecule has 1 aromatic rings. The zero-order valence-corrected chi connectivity index (χ0v) is 13.2. The fourth-order valence-corrected chi connectivity index (χ4v) is 2.36. The first-order valence-electron chi connectivity index (χ1n) is 7.15. The maximum Gasteiger partial charge on any atom is 0.269 e. The number of hydrogen-bond acceptors (Lipinski definition) is 5. The van der Waals surface area contributed by atoms with Crippen LogP contribution in [0.1, 0.15) is 26.7 Å². The first-order chi connectivity index (χ1) is 10.3. The van der Waals surface area contributed by atoms with E-state index in [1.54, 1.807) is 18.2 Å². The number of rotatable bonds is 3. The van der Waals surface area contributed by atoms with Crippen molar-refractivity contribution in [1.82, 2.24) is 4.90 Å². The molecule has 2 rings (SSSR count). The number of non-ortho nitro benzene ring substituents is 1. The molecule has 1 aliphatic heterocycles. The van der Waals surface area contributed by atoms with Gasteiger partial charge in [-0.2, -0.15) is 0 Å². The molecule has 1 atom stereocenters. The van der Waals surface area contributed by atoms with Crippen molar-refractivity contribution < 1.29 is 14.5 Å². The molecule has 1 fully saturated rings. The van der Waals surface area contributed by atoms with Crippen molar-refractivity contribution in [3.63, 3.8) is 0 Å². The quantitative estimate of drug-likeness (QED) is 0.371. The summed E-state index contributed by atoms with van der Waals surface area (Å²) in [5.74, 6) is -0.282. The SMILES string of the molecule is CN1CCC(C)(C)CC1C(=O)C=O.O=[N+]([O-])c1ccccc1. The third kappa shape index (κ3) is 5.37. The maximum absolute atomic E-state index is 11.3. The Morgan fingerprint density at radius 3 is 2.41 bits per heavy atom. The van der Waals surface area contributed by atoms with Crippen molar-refractivity contribution in [2.24, 2.45) is 5.41 Å². The minimum absolute atomic E-state index is 0.137. The van der Waals surface area contributed by atoms with Gasteiger partial charge in [0.2, 0.25) is 5.78 Å². The Bertz CT molecular complexity index is 528. The molecular weight excluding hydrogens is 284 g/mol.